The number of aliphatic hydroxyl groups is 1. The summed E-state index contributed by atoms with van der Waals surface area (Å²) in [5, 5.41) is 10.6. The van der Waals surface area contributed by atoms with Crippen LogP contribution in [0.5, 0.6) is 0 Å². The molecule has 1 aliphatic heterocycles. The van der Waals surface area contributed by atoms with Gasteiger partial charge in [0.05, 0.1) is 12.1 Å². The Morgan fingerprint density at radius 3 is 2.37 bits per heavy atom. The minimum Gasteiger partial charge on any atom is -0.388 e. The predicted octanol–water partition coefficient (Wildman–Crippen LogP) is 2.10. The van der Waals surface area contributed by atoms with E-state index in [1.54, 1.807) is 0 Å². The molecule has 0 spiro atoms. The molecule has 2 aliphatic rings. The molecule has 0 aromatic heterocycles. The molecule has 1 saturated carbocycles. The van der Waals surface area contributed by atoms with Crippen LogP contribution in [0.4, 0.5) is 0 Å². The summed E-state index contributed by atoms with van der Waals surface area (Å²) in [6.45, 7) is 6.19. The molecule has 0 radical (unpaired) electrons. The van der Waals surface area contributed by atoms with E-state index >= 15 is 0 Å². The summed E-state index contributed by atoms with van der Waals surface area (Å²) in [4.78, 5) is 25.5. The summed E-state index contributed by atoms with van der Waals surface area (Å²) < 4.78 is 0. The van der Waals surface area contributed by atoms with E-state index in [1.807, 2.05) is 13.8 Å². The number of hydrogen-bond acceptors (Lipinski definition) is 3. The molecular weight excluding hydrogens is 242 g/mol. The highest BCUT2D eigenvalue weighted by Crippen LogP contribution is 2.36. The number of imide groups is 1. The van der Waals surface area contributed by atoms with Crippen LogP contribution in [0.25, 0.3) is 0 Å². The second-order valence-corrected chi connectivity index (χ2v) is 7.32. The Kier molecular flexibility index (Phi) is 3.74. The number of nitrogens with zero attached hydrogens (tertiary/aromatic N) is 1. The van der Waals surface area contributed by atoms with Gasteiger partial charge in [0.2, 0.25) is 11.8 Å². The van der Waals surface area contributed by atoms with Crippen molar-refractivity contribution in [2.24, 2.45) is 11.3 Å². The first-order chi connectivity index (χ1) is 8.71. The molecule has 0 bridgehead atoms. The van der Waals surface area contributed by atoms with Crippen molar-refractivity contribution in [2.75, 3.05) is 6.54 Å². The number of amides is 2. The van der Waals surface area contributed by atoms with Gasteiger partial charge in [-0.15, -0.1) is 0 Å². The van der Waals surface area contributed by atoms with Crippen LogP contribution in [0.15, 0.2) is 0 Å². The van der Waals surface area contributed by atoms with Crippen molar-refractivity contribution in [1.29, 1.82) is 0 Å². The summed E-state index contributed by atoms with van der Waals surface area (Å²) in [7, 11) is 0. The Bertz CT molecular complexity index is 371. The van der Waals surface area contributed by atoms with E-state index in [2.05, 4.69) is 6.92 Å². The lowest BCUT2D eigenvalue weighted by Crippen LogP contribution is -2.54. The van der Waals surface area contributed by atoms with Crippen molar-refractivity contribution in [3.63, 3.8) is 0 Å². The Labute approximate surface area is 115 Å². The molecule has 1 N–H and O–H groups in total. The molecule has 0 aromatic rings. The molecule has 4 heteroatoms. The lowest BCUT2D eigenvalue weighted by atomic mass is 9.77. The van der Waals surface area contributed by atoms with Gasteiger partial charge in [0, 0.05) is 12.8 Å². The van der Waals surface area contributed by atoms with Crippen molar-refractivity contribution in [3.8, 4) is 0 Å². The normalized spacial score (nSPS) is 35.6. The van der Waals surface area contributed by atoms with Crippen LogP contribution in [0, 0.1) is 11.3 Å². The molecule has 2 amide bonds. The van der Waals surface area contributed by atoms with Gasteiger partial charge in [-0.1, -0.05) is 33.6 Å². The van der Waals surface area contributed by atoms with E-state index < -0.39 is 5.60 Å². The maximum atomic E-state index is 12.1. The number of hydrogen-bond donors (Lipinski definition) is 1. The SMILES string of the molecule is CC1CCCC(O)(CN2C(=O)CC(C)(C)CC2=O)C1. The van der Waals surface area contributed by atoms with Crippen molar-refractivity contribution < 1.29 is 14.7 Å². The second-order valence-electron chi connectivity index (χ2n) is 7.32. The third-order valence-electron chi connectivity index (χ3n) is 4.38. The molecule has 1 heterocycles. The molecule has 2 unspecified atom stereocenters. The first-order valence-electron chi connectivity index (χ1n) is 7.26. The van der Waals surface area contributed by atoms with Gasteiger partial charge in [-0.05, 0) is 24.2 Å². The molecule has 2 rings (SSSR count). The highest BCUT2D eigenvalue weighted by atomic mass is 16.3. The van der Waals surface area contributed by atoms with Crippen molar-refractivity contribution >= 4 is 11.8 Å². The molecule has 108 valence electrons. The predicted molar refractivity (Wildman–Crippen MR) is 72.3 cm³/mol. The van der Waals surface area contributed by atoms with Crippen molar-refractivity contribution in [2.45, 2.75) is 64.9 Å². The van der Waals surface area contributed by atoms with Gasteiger partial charge < -0.3 is 5.11 Å². The van der Waals surface area contributed by atoms with Crippen LogP contribution in [0.2, 0.25) is 0 Å². The molecule has 19 heavy (non-hydrogen) atoms. The first-order valence-corrected chi connectivity index (χ1v) is 7.26. The zero-order chi connectivity index (χ0) is 14.3. The van der Waals surface area contributed by atoms with E-state index in [4.69, 9.17) is 0 Å². The number of piperidine rings is 1. The molecule has 2 fully saturated rings. The van der Waals surface area contributed by atoms with E-state index in [0.29, 0.717) is 31.6 Å². The molecule has 4 nitrogen and oxygen atoms in total. The Balaban J connectivity index is 2.06. The average molecular weight is 267 g/mol. The van der Waals surface area contributed by atoms with Crippen LogP contribution in [-0.4, -0.2) is 34.0 Å². The highest BCUT2D eigenvalue weighted by molar-refractivity contribution is 5.98. The maximum absolute atomic E-state index is 12.1. The number of carbonyl (C=O) groups is 2. The van der Waals surface area contributed by atoms with Crippen LogP contribution in [0.1, 0.15) is 59.3 Å². The molecule has 2 atom stereocenters. The summed E-state index contributed by atoms with van der Waals surface area (Å²) in [6, 6.07) is 0. The fourth-order valence-electron chi connectivity index (χ4n) is 3.46. The van der Waals surface area contributed by atoms with E-state index in [1.165, 1.54) is 4.90 Å². The molecule has 0 aromatic carbocycles. The van der Waals surface area contributed by atoms with Crippen LogP contribution in [0.3, 0.4) is 0 Å². The minimum atomic E-state index is -0.871. The van der Waals surface area contributed by atoms with Crippen molar-refractivity contribution in [1.82, 2.24) is 4.90 Å². The van der Waals surface area contributed by atoms with Gasteiger partial charge in [0.15, 0.2) is 0 Å². The van der Waals surface area contributed by atoms with Gasteiger partial charge in [0.25, 0.3) is 0 Å². The smallest absolute Gasteiger partial charge is 0.229 e. The average Bonchev–Trinajstić information content (AvgIpc) is 2.22. The second kappa shape index (κ2) is 4.89. The lowest BCUT2D eigenvalue weighted by Gasteiger charge is -2.42. The fourth-order valence-corrected chi connectivity index (χ4v) is 3.46. The maximum Gasteiger partial charge on any atom is 0.229 e. The molecule has 1 aliphatic carbocycles. The summed E-state index contributed by atoms with van der Waals surface area (Å²) in [5.74, 6) is 0.200. The molecule has 1 saturated heterocycles. The Morgan fingerprint density at radius 2 is 1.84 bits per heavy atom. The Hall–Kier alpha value is -0.900. The van der Waals surface area contributed by atoms with E-state index in [-0.39, 0.29) is 23.8 Å². The van der Waals surface area contributed by atoms with Gasteiger partial charge in [-0.2, -0.15) is 0 Å². The third kappa shape index (κ3) is 3.35. The lowest BCUT2D eigenvalue weighted by molar-refractivity contribution is -0.158. The zero-order valence-electron chi connectivity index (χ0n) is 12.2. The quantitative estimate of drug-likeness (QED) is 0.779. The highest BCUT2D eigenvalue weighted by Gasteiger charge is 2.42. The number of likely N-dealkylation sites (tertiary alicyclic amines) is 1. The van der Waals surface area contributed by atoms with Gasteiger partial charge in [-0.3, -0.25) is 14.5 Å². The van der Waals surface area contributed by atoms with Crippen LogP contribution < -0.4 is 0 Å². The van der Waals surface area contributed by atoms with Crippen LogP contribution >= 0.6 is 0 Å². The van der Waals surface area contributed by atoms with E-state index in [0.717, 1.165) is 12.8 Å². The van der Waals surface area contributed by atoms with Gasteiger partial charge in [0.1, 0.15) is 0 Å². The number of carbonyl (C=O) groups excluding carboxylic acids is 2. The van der Waals surface area contributed by atoms with E-state index in [9.17, 15) is 14.7 Å². The van der Waals surface area contributed by atoms with Gasteiger partial charge >= 0.3 is 0 Å². The first kappa shape index (κ1) is 14.5. The zero-order valence-corrected chi connectivity index (χ0v) is 12.2. The van der Waals surface area contributed by atoms with Crippen molar-refractivity contribution in [3.05, 3.63) is 0 Å². The summed E-state index contributed by atoms with van der Waals surface area (Å²) in [5.41, 5.74) is -1.11. The number of β-amino-alcohol motifs (C(OH)–C–C–N with tert-alkyl or cyclic N) is 1. The topological polar surface area (TPSA) is 57.6 Å². The minimum absolute atomic E-state index is 0.132. The fraction of sp³-hybridized carbons (Fsp3) is 0.867. The standard InChI is InChI=1S/C15H25NO3/c1-11-5-4-6-15(19,7-11)10-16-12(17)8-14(2,3)9-13(16)18/h11,19H,4-10H2,1-3H3. The monoisotopic (exact) mass is 267 g/mol. The largest absolute Gasteiger partial charge is 0.388 e. The summed E-state index contributed by atoms with van der Waals surface area (Å²) >= 11 is 0. The summed E-state index contributed by atoms with van der Waals surface area (Å²) in [6.07, 6.45) is 4.26. The van der Waals surface area contributed by atoms with Crippen LogP contribution in [-0.2, 0) is 9.59 Å². The third-order valence-corrected chi connectivity index (χ3v) is 4.38. The Morgan fingerprint density at radius 1 is 1.26 bits per heavy atom. The van der Waals surface area contributed by atoms with Gasteiger partial charge in [-0.25, -0.2) is 0 Å². The number of rotatable bonds is 2. The molecular formula is C15H25NO3.